The molecule has 0 aromatic carbocycles. The first kappa shape index (κ1) is 18.6. The Morgan fingerprint density at radius 2 is 2.37 bits per heavy atom. The van der Waals surface area contributed by atoms with Crippen LogP contribution >= 0.6 is 36.2 Å². The van der Waals surface area contributed by atoms with Gasteiger partial charge in [0, 0.05) is 24.4 Å². The normalized spacial score (nSPS) is 21.9. The van der Waals surface area contributed by atoms with Crippen LogP contribution in [0.4, 0.5) is 0 Å². The average molecular weight is 326 g/mol. The predicted molar refractivity (Wildman–Crippen MR) is 83.5 cm³/mol. The summed E-state index contributed by atoms with van der Waals surface area (Å²) in [4.78, 5) is 16.0. The molecule has 19 heavy (non-hydrogen) atoms. The molecule has 1 amide bonds. The first-order valence-electron chi connectivity index (χ1n) is 6.13. The van der Waals surface area contributed by atoms with Gasteiger partial charge < -0.3 is 10.6 Å². The van der Waals surface area contributed by atoms with Crippen LogP contribution in [-0.4, -0.2) is 30.0 Å². The molecule has 2 atom stereocenters. The van der Waals surface area contributed by atoms with Gasteiger partial charge in [-0.15, -0.1) is 36.2 Å². The second kappa shape index (κ2) is 9.53. The largest absolute Gasteiger partial charge is 0.352 e. The number of nitrogens with zero attached hydrogens (tertiary/aromatic N) is 1. The molecule has 2 N–H and O–H groups in total. The lowest BCUT2D eigenvalue weighted by Crippen LogP contribution is -2.50. The van der Waals surface area contributed by atoms with Gasteiger partial charge in [0.2, 0.25) is 5.91 Å². The molecule has 2 rings (SSSR count). The van der Waals surface area contributed by atoms with Crippen molar-refractivity contribution < 1.29 is 4.79 Å². The van der Waals surface area contributed by atoms with E-state index in [-0.39, 0.29) is 36.8 Å². The van der Waals surface area contributed by atoms with E-state index in [2.05, 4.69) is 22.5 Å². The van der Waals surface area contributed by atoms with Crippen LogP contribution < -0.4 is 10.6 Å². The van der Waals surface area contributed by atoms with Crippen LogP contribution in [0.2, 0.25) is 0 Å². The van der Waals surface area contributed by atoms with Crippen LogP contribution in [0.3, 0.4) is 0 Å². The van der Waals surface area contributed by atoms with Crippen LogP contribution in [-0.2, 0) is 11.2 Å². The number of thiazole rings is 1. The molecule has 2 unspecified atom stereocenters. The van der Waals surface area contributed by atoms with Crippen molar-refractivity contribution in [2.45, 2.75) is 32.2 Å². The summed E-state index contributed by atoms with van der Waals surface area (Å²) in [6, 6.07) is 0.284. The van der Waals surface area contributed by atoms with Gasteiger partial charge in [-0.05, 0) is 25.3 Å². The number of hydrogen-bond donors (Lipinski definition) is 2. The molecule has 0 bridgehead atoms. The maximum Gasteiger partial charge on any atom is 0.220 e. The highest BCUT2D eigenvalue weighted by atomic mass is 35.5. The molecule has 1 fully saturated rings. The van der Waals surface area contributed by atoms with Gasteiger partial charge in [-0.25, -0.2) is 4.98 Å². The molecule has 2 heterocycles. The molecular formula is C12H21Cl2N3OS. The van der Waals surface area contributed by atoms with Crippen LogP contribution in [0.15, 0.2) is 10.9 Å². The minimum atomic E-state index is 0. The van der Waals surface area contributed by atoms with Gasteiger partial charge in [-0.1, -0.05) is 6.92 Å². The third-order valence-corrected chi connectivity index (χ3v) is 3.90. The predicted octanol–water partition coefficient (Wildman–Crippen LogP) is 2.03. The molecule has 1 saturated heterocycles. The summed E-state index contributed by atoms with van der Waals surface area (Å²) in [7, 11) is 0. The number of nitrogens with one attached hydrogen (secondary N) is 2. The Morgan fingerprint density at radius 1 is 1.58 bits per heavy atom. The summed E-state index contributed by atoms with van der Waals surface area (Å²) in [6.45, 7) is 4.15. The molecular weight excluding hydrogens is 305 g/mol. The fourth-order valence-electron chi connectivity index (χ4n) is 2.06. The molecule has 0 radical (unpaired) electrons. The number of amides is 1. The van der Waals surface area contributed by atoms with Gasteiger partial charge in [-0.2, -0.15) is 0 Å². The Balaban J connectivity index is 0.00000162. The van der Waals surface area contributed by atoms with Crippen LogP contribution in [0.25, 0.3) is 0 Å². The van der Waals surface area contributed by atoms with E-state index in [0.29, 0.717) is 12.3 Å². The fourth-order valence-corrected chi connectivity index (χ4v) is 2.66. The summed E-state index contributed by atoms with van der Waals surface area (Å²) in [6.07, 6.45) is 2.41. The standard InChI is InChI=1S/C12H19N3OS.2ClH/c1-9-4-5-13-6-11(9)15-12(16)3-2-10-7-17-8-14-10;;/h7-9,11,13H,2-6H2,1H3,(H,15,16);2*1H. The zero-order chi connectivity index (χ0) is 12.1. The molecule has 1 aromatic rings. The number of rotatable bonds is 4. The van der Waals surface area contributed by atoms with Crippen molar-refractivity contribution in [3.63, 3.8) is 0 Å². The Kier molecular flexibility index (Phi) is 9.35. The van der Waals surface area contributed by atoms with Crippen LogP contribution in [0.1, 0.15) is 25.5 Å². The number of piperidine rings is 1. The first-order chi connectivity index (χ1) is 8.25. The summed E-state index contributed by atoms with van der Waals surface area (Å²) < 4.78 is 0. The molecule has 1 aromatic heterocycles. The lowest BCUT2D eigenvalue weighted by Gasteiger charge is -2.30. The van der Waals surface area contributed by atoms with Gasteiger partial charge in [0.15, 0.2) is 0 Å². The highest BCUT2D eigenvalue weighted by Crippen LogP contribution is 2.11. The first-order valence-corrected chi connectivity index (χ1v) is 7.07. The van der Waals surface area contributed by atoms with Crippen molar-refractivity contribution >= 4 is 42.1 Å². The van der Waals surface area contributed by atoms with Gasteiger partial charge >= 0.3 is 0 Å². The lowest BCUT2D eigenvalue weighted by molar-refractivity contribution is -0.122. The number of carbonyl (C=O) groups excluding carboxylic acids is 1. The highest BCUT2D eigenvalue weighted by molar-refractivity contribution is 7.07. The maximum atomic E-state index is 11.8. The fraction of sp³-hybridized carbons (Fsp3) is 0.667. The summed E-state index contributed by atoms with van der Waals surface area (Å²) in [5.74, 6) is 0.707. The number of hydrogen-bond acceptors (Lipinski definition) is 4. The van der Waals surface area contributed by atoms with E-state index in [4.69, 9.17) is 0 Å². The summed E-state index contributed by atoms with van der Waals surface area (Å²) in [5.41, 5.74) is 2.82. The van der Waals surface area contributed by atoms with Crippen LogP contribution in [0, 0.1) is 5.92 Å². The zero-order valence-electron chi connectivity index (χ0n) is 10.9. The van der Waals surface area contributed by atoms with Gasteiger partial charge in [0.05, 0.1) is 11.2 Å². The van der Waals surface area contributed by atoms with Gasteiger partial charge in [0.25, 0.3) is 0 Å². The molecule has 0 aliphatic carbocycles. The van der Waals surface area contributed by atoms with Crippen molar-refractivity contribution in [2.24, 2.45) is 5.92 Å². The number of aromatic nitrogens is 1. The Bertz CT molecular complexity index is 362. The highest BCUT2D eigenvalue weighted by Gasteiger charge is 2.22. The van der Waals surface area contributed by atoms with E-state index in [1.54, 1.807) is 16.8 Å². The van der Waals surface area contributed by atoms with Crippen molar-refractivity contribution in [3.8, 4) is 0 Å². The summed E-state index contributed by atoms with van der Waals surface area (Å²) >= 11 is 1.57. The van der Waals surface area contributed by atoms with Gasteiger partial charge in [0.1, 0.15) is 0 Å². The SMILES string of the molecule is CC1CCNCC1NC(=O)CCc1cscn1.Cl.Cl. The minimum Gasteiger partial charge on any atom is -0.352 e. The van der Waals surface area contributed by atoms with E-state index in [1.165, 1.54) is 0 Å². The molecule has 7 heteroatoms. The van der Waals surface area contributed by atoms with E-state index in [9.17, 15) is 4.79 Å². The number of aryl methyl sites for hydroxylation is 1. The second-order valence-corrected chi connectivity index (χ2v) is 5.34. The van der Waals surface area contributed by atoms with Crippen molar-refractivity contribution in [2.75, 3.05) is 13.1 Å². The lowest BCUT2D eigenvalue weighted by atomic mass is 9.94. The van der Waals surface area contributed by atoms with E-state index in [1.807, 2.05) is 5.38 Å². The molecule has 0 spiro atoms. The van der Waals surface area contributed by atoms with E-state index >= 15 is 0 Å². The minimum absolute atomic E-state index is 0. The van der Waals surface area contributed by atoms with Crippen molar-refractivity contribution in [1.29, 1.82) is 0 Å². The molecule has 1 aliphatic rings. The third-order valence-electron chi connectivity index (χ3n) is 3.27. The molecule has 4 nitrogen and oxygen atoms in total. The molecule has 1 aliphatic heterocycles. The zero-order valence-corrected chi connectivity index (χ0v) is 13.4. The van der Waals surface area contributed by atoms with E-state index in [0.717, 1.165) is 31.6 Å². The smallest absolute Gasteiger partial charge is 0.220 e. The Morgan fingerprint density at radius 3 is 3.00 bits per heavy atom. The van der Waals surface area contributed by atoms with Gasteiger partial charge in [-0.3, -0.25) is 4.79 Å². The Hall–Kier alpha value is -0.360. The molecule has 110 valence electrons. The van der Waals surface area contributed by atoms with E-state index < -0.39 is 0 Å². The second-order valence-electron chi connectivity index (χ2n) is 4.62. The topological polar surface area (TPSA) is 54.0 Å². The maximum absolute atomic E-state index is 11.8. The average Bonchev–Trinajstić information content (AvgIpc) is 2.82. The van der Waals surface area contributed by atoms with Crippen LogP contribution in [0.5, 0.6) is 0 Å². The third kappa shape index (κ3) is 6.08. The molecule has 0 saturated carbocycles. The quantitative estimate of drug-likeness (QED) is 0.890. The monoisotopic (exact) mass is 325 g/mol. The Labute approximate surface area is 130 Å². The summed E-state index contributed by atoms with van der Waals surface area (Å²) in [5, 5.41) is 8.42. The number of carbonyl (C=O) groups is 1. The van der Waals surface area contributed by atoms with Crippen molar-refractivity contribution in [1.82, 2.24) is 15.6 Å². The van der Waals surface area contributed by atoms with Crippen molar-refractivity contribution in [3.05, 3.63) is 16.6 Å². The number of halogens is 2.